The molecule has 0 saturated carbocycles. The molecule has 1 unspecified atom stereocenters. The van der Waals surface area contributed by atoms with E-state index < -0.39 is 0 Å². The molecule has 0 spiro atoms. The van der Waals surface area contributed by atoms with E-state index >= 15 is 0 Å². The Labute approximate surface area is 109 Å². The molecule has 0 bridgehead atoms. The number of rotatable bonds is 5. The van der Waals surface area contributed by atoms with Crippen molar-refractivity contribution in [2.45, 2.75) is 25.8 Å². The molecule has 1 rings (SSSR count). The standard InChI is InChI=1S/C11H15IN2O2/c1-3-9(13-2)6-8-4-5-10(14(15)16)7-11(8)12/h4-5,7,9,13H,3,6H2,1-2H3. The number of nitrogens with one attached hydrogen (secondary N) is 1. The van der Waals surface area contributed by atoms with Crippen molar-refractivity contribution in [2.24, 2.45) is 0 Å². The van der Waals surface area contributed by atoms with E-state index in [4.69, 9.17) is 0 Å². The highest BCUT2D eigenvalue weighted by Gasteiger charge is 2.11. The third-order valence-corrected chi connectivity index (χ3v) is 3.62. The van der Waals surface area contributed by atoms with Gasteiger partial charge in [0.1, 0.15) is 0 Å². The average molecular weight is 334 g/mol. The van der Waals surface area contributed by atoms with Crippen molar-refractivity contribution in [2.75, 3.05) is 7.05 Å². The van der Waals surface area contributed by atoms with E-state index in [1.165, 1.54) is 0 Å². The Kier molecular flexibility index (Phi) is 5.14. The van der Waals surface area contributed by atoms with E-state index in [0.717, 1.165) is 22.0 Å². The van der Waals surface area contributed by atoms with Crippen LogP contribution in [0.5, 0.6) is 0 Å². The summed E-state index contributed by atoms with van der Waals surface area (Å²) in [4.78, 5) is 10.2. The predicted octanol–water partition coefficient (Wildman–Crippen LogP) is 2.74. The number of non-ortho nitro benzene ring substituents is 1. The molecule has 0 radical (unpaired) electrons. The Bertz CT molecular complexity index is 378. The van der Waals surface area contributed by atoms with Gasteiger partial charge in [0, 0.05) is 21.7 Å². The third-order valence-electron chi connectivity index (χ3n) is 2.61. The quantitative estimate of drug-likeness (QED) is 0.512. The van der Waals surface area contributed by atoms with Crippen LogP contribution in [0.15, 0.2) is 18.2 Å². The van der Waals surface area contributed by atoms with Crippen molar-refractivity contribution in [3.05, 3.63) is 37.4 Å². The second-order valence-corrected chi connectivity index (χ2v) is 4.79. The number of benzene rings is 1. The number of hydrogen-bond acceptors (Lipinski definition) is 3. The molecule has 1 aromatic carbocycles. The summed E-state index contributed by atoms with van der Waals surface area (Å²) in [6, 6.07) is 5.47. The predicted molar refractivity (Wildman–Crippen MR) is 72.7 cm³/mol. The van der Waals surface area contributed by atoms with Gasteiger partial charge in [-0.25, -0.2) is 0 Å². The Morgan fingerprint density at radius 3 is 2.69 bits per heavy atom. The fourth-order valence-electron chi connectivity index (χ4n) is 1.53. The minimum Gasteiger partial charge on any atom is -0.317 e. The van der Waals surface area contributed by atoms with Crippen molar-refractivity contribution >= 4 is 28.3 Å². The van der Waals surface area contributed by atoms with E-state index in [2.05, 4.69) is 34.8 Å². The molecule has 0 amide bonds. The van der Waals surface area contributed by atoms with Crippen molar-refractivity contribution in [3.8, 4) is 0 Å². The molecule has 1 N–H and O–H groups in total. The van der Waals surface area contributed by atoms with Crippen molar-refractivity contribution in [1.82, 2.24) is 5.32 Å². The molecular formula is C11H15IN2O2. The summed E-state index contributed by atoms with van der Waals surface area (Å²) in [5, 5.41) is 13.8. The van der Waals surface area contributed by atoms with Crippen LogP contribution >= 0.6 is 22.6 Å². The molecule has 0 saturated heterocycles. The molecule has 88 valence electrons. The minimum atomic E-state index is -0.360. The SMILES string of the molecule is CCC(Cc1ccc([N+](=O)[O-])cc1I)NC. The fraction of sp³-hybridized carbons (Fsp3) is 0.455. The molecule has 16 heavy (non-hydrogen) atoms. The van der Waals surface area contributed by atoms with E-state index in [0.29, 0.717) is 6.04 Å². The average Bonchev–Trinajstić information content (AvgIpc) is 2.27. The number of nitro benzene ring substituents is 1. The molecule has 0 aliphatic rings. The van der Waals surface area contributed by atoms with E-state index in [9.17, 15) is 10.1 Å². The molecule has 1 atom stereocenters. The first-order valence-corrected chi connectivity index (χ1v) is 6.26. The Balaban J connectivity index is 2.86. The summed E-state index contributed by atoms with van der Waals surface area (Å²) in [6.45, 7) is 2.12. The van der Waals surface area contributed by atoms with E-state index in [1.807, 2.05) is 13.1 Å². The van der Waals surface area contributed by atoms with Crippen LogP contribution in [0, 0.1) is 13.7 Å². The number of nitro groups is 1. The molecule has 0 heterocycles. The molecule has 1 aromatic rings. The maximum absolute atomic E-state index is 10.6. The topological polar surface area (TPSA) is 55.2 Å². The Morgan fingerprint density at radius 1 is 1.56 bits per heavy atom. The zero-order valence-corrected chi connectivity index (χ0v) is 11.5. The van der Waals surface area contributed by atoms with Crippen LogP contribution in [-0.4, -0.2) is 18.0 Å². The van der Waals surface area contributed by atoms with Crippen LogP contribution in [0.2, 0.25) is 0 Å². The Hall–Kier alpha value is -0.690. The lowest BCUT2D eigenvalue weighted by Crippen LogP contribution is -2.26. The highest BCUT2D eigenvalue weighted by molar-refractivity contribution is 14.1. The second kappa shape index (κ2) is 6.15. The van der Waals surface area contributed by atoms with E-state index in [-0.39, 0.29) is 10.6 Å². The van der Waals surface area contributed by atoms with Crippen molar-refractivity contribution < 1.29 is 4.92 Å². The van der Waals surface area contributed by atoms with Gasteiger partial charge in [0.15, 0.2) is 0 Å². The summed E-state index contributed by atoms with van der Waals surface area (Å²) in [6.07, 6.45) is 1.95. The molecule has 0 aliphatic heterocycles. The molecule has 0 aromatic heterocycles. The maximum atomic E-state index is 10.6. The largest absolute Gasteiger partial charge is 0.317 e. The number of hydrogen-bond donors (Lipinski definition) is 1. The lowest BCUT2D eigenvalue weighted by Gasteiger charge is -2.14. The van der Waals surface area contributed by atoms with Gasteiger partial charge in [0.2, 0.25) is 0 Å². The van der Waals surface area contributed by atoms with Gasteiger partial charge in [-0.3, -0.25) is 10.1 Å². The van der Waals surface area contributed by atoms with Gasteiger partial charge in [-0.1, -0.05) is 13.0 Å². The van der Waals surface area contributed by atoms with Gasteiger partial charge in [0.25, 0.3) is 5.69 Å². The van der Waals surface area contributed by atoms with Crippen LogP contribution in [0.1, 0.15) is 18.9 Å². The molecule has 5 heteroatoms. The lowest BCUT2D eigenvalue weighted by molar-refractivity contribution is -0.385. The number of halogens is 1. The van der Waals surface area contributed by atoms with Crippen molar-refractivity contribution in [3.63, 3.8) is 0 Å². The summed E-state index contributed by atoms with van der Waals surface area (Å²) < 4.78 is 0.959. The van der Waals surface area contributed by atoms with Gasteiger partial charge in [-0.05, 0) is 48.0 Å². The highest BCUT2D eigenvalue weighted by atomic mass is 127. The first-order chi connectivity index (χ1) is 7.58. The number of likely N-dealkylation sites (N-methyl/N-ethyl adjacent to an activating group) is 1. The van der Waals surface area contributed by atoms with Crippen LogP contribution < -0.4 is 5.32 Å². The smallest absolute Gasteiger partial charge is 0.270 e. The third kappa shape index (κ3) is 3.41. The van der Waals surface area contributed by atoms with Gasteiger partial charge in [-0.15, -0.1) is 0 Å². The van der Waals surface area contributed by atoms with Gasteiger partial charge >= 0.3 is 0 Å². The van der Waals surface area contributed by atoms with Gasteiger partial charge in [0.05, 0.1) is 4.92 Å². The minimum absolute atomic E-state index is 0.158. The summed E-state index contributed by atoms with van der Waals surface area (Å²) in [5.41, 5.74) is 1.32. The monoisotopic (exact) mass is 334 g/mol. The molecular weight excluding hydrogens is 319 g/mol. The Morgan fingerprint density at radius 2 is 2.25 bits per heavy atom. The lowest BCUT2D eigenvalue weighted by atomic mass is 10.0. The molecule has 4 nitrogen and oxygen atoms in total. The molecule has 0 fully saturated rings. The summed E-state index contributed by atoms with van der Waals surface area (Å²) in [7, 11) is 1.94. The summed E-state index contributed by atoms with van der Waals surface area (Å²) >= 11 is 2.15. The summed E-state index contributed by atoms with van der Waals surface area (Å²) in [5.74, 6) is 0. The van der Waals surface area contributed by atoms with Gasteiger partial charge in [-0.2, -0.15) is 0 Å². The molecule has 0 aliphatic carbocycles. The van der Waals surface area contributed by atoms with E-state index in [1.54, 1.807) is 12.1 Å². The zero-order chi connectivity index (χ0) is 12.1. The fourth-order valence-corrected chi connectivity index (χ4v) is 2.25. The second-order valence-electron chi connectivity index (χ2n) is 3.63. The maximum Gasteiger partial charge on any atom is 0.270 e. The normalized spacial score (nSPS) is 12.4. The highest BCUT2D eigenvalue weighted by Crippen LogP contribution is 2.21. The van der Waals surface area contributed by atoms with Crippen LogP contribution in [0.25, 0.3) is 0 Å². The first-order valence-electron chi connectivity index (χ1n) is 5.18. The first kappa shape index (κ1) is 13.4. The van der Waals surface area contributed by atoms with Gasteiger partial charge < -0.3 is 5.32 Å². The van der Waals surface area contributed by atoms with Crippen molar-refractivity contribution in [1.29, 1.82) is 0 Å². The van der Waals surface area contributed by atoms with Crippen LogP contribution in [0.4, 0.5) is 5.69 Å². The number of nitrogens with zero attached hydrogens (tertiary/aromatic N) is 1. The van der Waals surface area contributed by atoms with Crippen LogP contribution in [-0.2, 0) is 6.42 Å². The zero-order valence-electron chi connectivity index (χ0n) is 9.37. The van der Waals surface area contributed by atoms with Crippen LogP contribution in [0.3, 0.4) is 0 Å².